The fourth-order valence-electron chi connectivity index (χ4n) is 5.86. The van der Waals surface area contributed by atoms with Gasteiger partial charge in [0.1, 0.15) is 17.1 Å². The molecule has 0 radical (unpaired) electrons. The van der Waals surface area contributed by atoms with Gasteiger partial charge in [-0.15, -0.1) is 0 Å². The monoisotopic (exact) mass is 589 g/mol. The third kappa shape index (κ3) is 8.15. The van der Waals surface area contributed by atoms with Crippen molar-refractivity contribution >= 4 is 11.9 Å². The summed E-state index contributed by atoms with van der Waals surface area (Å²) in [6.45, 7) is 0.685. The van der Waals surface area contributed by atoms with E-state index in [2.05, 4.69) is 0 Å². The lowest BCUT2D eigenvalue weighted by molar-refractivity contribution is -0.141. The maximum atomic E-state index is 13.4. The molecule has 4 rings (SSSR count). The zero-order chi connectivity index (χ0) is 30.7. The topological polar surface area (TPSA) is 106 Å². The van der Waals surface area contributed by atoms with Crippen LogP contribution in [-0.2, 0) is 19.9 Å². The van der Waals surface area contributed by atoms with Crippen LogP contribution in [0.3, 0.4) is 0 Å². The van der Waals surface area contributed by atoms with Gasteiger partial charge in [-0.2, -0.15) is 0 Å². The number of carboxylic acid groups (broad SMARTS) is 1. The van der Waals surface area contributed by atoms with Crippen LogP contribution in [0.15, 0.2) is 78.9 Å². The minimum absolute atomic E-state index is 0.0398. The van der Waals surface area contributed by atoms with Crippen LogP contribution in [0.25, 0.3) is 0 Å². The summed E-state index contributed by atoms with van der Waals surface area (Å²) >= 11 is 0. The number of carbonyl (C=O) groups excluding carboxylic acids is 1. The molecule has 1 saturated heterocycles. The fraction of sp³-hybridized carbons (Fsp3) is 0.429. The molecule has 0 bridgehead atoms. The van der Waals surface area contributed by atoms with Crippen LogP contribution in [0.5, 0.6) is 11.5 Å². The van der Waals surface area contributed by atoms with Crippen molar-refractivity contribution in [2.24, 2.45) is 0 Å². The first-order chi connectivity index (χ1) is 20.9. The Bertz CT molecular complexity index is 1250. The first-order valence-electron chi connectivity index (χ1n) is 15.0. The molecular formula is C35H43NO7. The van der Waals surface area contributed by atoms with E-state index in [0.29, 0.717) is 38.6 Å². The number of nitrogens with zero attached hydrogens (tertiary/aromatic N) is 1. The number of benzene rings is 3. The number of aliphatic hydroxyl groups excluding tert-OH is 1. The van der Waals surface area contributed by atoms with Crippen molar-refractivity contribution in [3.05, 3.63) is 95.6 Å². The fourth-order valence-corrected chi connectivity index (χ4v) is 5.86. The summed E-state index contributed by atoms with van der Waals surface area (Å²) in [7, 11) is 3.27. The molecular weight excluding hydrogens is 546 g/mol. The maximum Gasteiger partial charge on any atom is 0.303 e. The van der Waals surface area contributed by atoms with E-state index >= 15 is 0 Å². The molecule has 3 aromatic rings. The van der Waals surface area contributed by atoms with Crippen molar-refractivity contribution in [3.63, 3.8) is 0 Å². The van der Waals surface area contributed by atoms with Gasteiger partial charge in [-0.05, 0) is 66.6 Å². The lowest BCUT2D eigenvalue weighted by Gasteiger charge is -2.42. The summed E-state index contributed by atoms with van der Waals surface area (Å²) in [5.41, 5.74) is 1.72. The van der Waals surface area contributed by atoms with E-state index in [1.54, 1.807) is 14.2 Å². The maximum absolute atomic E-state index is 13.4. The molecule has 8 heteroatoms. The zero-order valence-corrected chi connectivity index (χ0v) is 25.1. The molecule has 0 spiro atoms. The van der Waals surface area contributed by atoms with Gasteiger partial charge < -0.3 is 29.3 Å². The Hall–Kier alpha value is -3.88. The number of unbranched alkanes of at least 4 members (excludes halogenated alkanes) is 3. The Morgan fingerprint density at radius 3 is 1.86 bits per heavy atom. The van der Waals surface area contributed by atoms with Gasteiger partial charge in [-0.25, -0.2) is 0 Å². The minimum atomic E-state index is -1.01. The lowest BCUT2D eigenvalue weighted by Crippen LogP contribution is -2.51. The van der Waals surface area contributed by atoms with Crippen molar-refractivity contribution in [1.82, 2.24) is 4.90 Å². The third-order valence-corrected chi connectivity index (χ3v) is 8.21. The highest BCUT2D eigenvalue weighted by Crippen LogP contribution is 2.42. The number of carboxylic acids is 1. The van der Waals surface area contributed by atoms with Crippen molar-refractivity contribution < 1.29 is 34.0 Å². The van der Waals surface area contributed by atoms with E-state index in [-0.39, 0.29) is 25.0 Å². The number of piperidine rings is 1. The van der Waals surface area contributed by atoms with Crippen LogP contribution in [0.2, 0.25) is 0 Å². The molecule has 2 atom stereocenters. The SMILES string of the molecule is COc1ccc(C(OCC2CC(O)CCN2C(=O)CCCCCCC(=O)O)(c2ccccc2)c2ccc(OC)cc2)cc1. The molecule has 2 N–H and O–H groups in total. The number of rotatable bonds is 15. The molecule has 3 aromatic carbocycles. The standard InChI is InChI=1S/C35H43NO7/c1-41-31-18-14-27(15-19-31)35(26-10-6-5-7-11-26,28-16-20-32(42-2)21-17-28)43-25-29-24-30(37)22-23-36(29)33(38)12-8-3-4-9-13-34(39)40/h5-7,10-11,14-21,29-30,37H,3-4,8-9,12-13,22-25H2,1-2H3,(H,39,40). The van der Waals surface area contributed by atoms with Gasteiger partial charge in [0.05, 0.1) is 33.0 Å². The first-order valence-corrected chi connectivity index (χ1v) is 15.0. The molecule has 1 aliphatic heterocycles. The van der Waals surface area contributed by atoms with Gasteiger partial charge in [0.25, 0.3) is 0 Å². The van der Waals surface area contributed by atoms with Crippen molar-refractivity contribution in [1.29, 1.82) is 0 Å². The van der Waals surface area contributed by atoms with Gasteiger partial charge >= 0.3 is 5.97 Å². The van der Waals surface area contributed by atoms with Crippen molar-refractivity contribution in [2.75, 3.05) is 27.4 Å². The Kier molecular flexibility index (Phi) is 11.6. The lowest BCUT2D eigenvalue weighted by atomic mass is 9.80. The average Bonchev–Trinajstić information content (AvgIpc) is 3.04. The van der Waals surface area contributed by atoms with Crippen molar-refractivity contribution in [3.8, 4) is 11.5 Å². The molecule has 1 fully saturated rings. The van der Waals surface area contributed by atoms with Gasteiger partial charge in [0, 0.05) is 19.4 Å². The summed E-state index contributed by atoms with van der Waals surface area (Å²) in [4.78, 5) is 26.0. The van der Waals surface area contributed by atoms with Gasteiger partial charge in [-0.3, -0.25) is 9.59 Å². The Balaban J connectivity index is 1.63. The van der Waals surface area contributed by atoms with E-state index in [1.807, 2.05) is 83.8 Å². The quantitative estimate of drug-likeness (QED) is 0.171. The summed E-state index contributed by atoms with van der Waals surface area (Å²) in [6, 6.07) is 25.4. The molecule has 0 saturated carbocycles. The molecule has 2 unspecified atom stereocenters. The van der Waals surface area contributed by atoms with Crippen LogP contribution >= 0.6 is 0 Å². The second kappa shape index (κ2) is 15.5. The highest BCUT2D eigenvalue weighted by Gasteiger charge is 2.40. The summed E-state index contributed by atoms with van der Waals surface area (Å²) in [5.74, 6) is 0.714. The largest absolute Gasteiger partial charge is 0.497 e. The van der Waals surface area contributed by atoms with Crippen LogP contribution in [0, 0.1) is 0 Å². The van der Waals surface area contributed by atoms with Gasteiger partial charge in [0.15, 0.2) is 0 Å². The first kappa shape index (κ1) is 32.0. The van der Waals surface area contributed by atoms with Crippen LogP contribution in [-0.4, -0.2) is 66.5 Å². The second-order valence-electron chi connectivity index (χ2n) is 11.0. The van der Waals surface area contributed by atoms with Gasteiger partial charge in [0.2, 0.25) is 5.91 Å². The number of methoxy groups -OCH3 is 2. The highest BCUT2D eigenvalue weighted by atomic mass is 16.5. The van der Waals surface area contributed by atoms with Crippen molar-refractivity contribution in [2.45, 2.75) is 69.1 Å². The minimum Gasteiger partial charge on any atom is -0.497 e. The molecule has 1 aliphatic rings. The molecule has 1 amide bonds. The van der Waals surface area contributed by atoms with E-state index in [1.165, 1.54) is 0 Å². The number of hydrogen-bond acceptors (Lipinski definition) is 6. The Morgan fingerprint density at radius 2 is 1.33 bits per heavy atom. The van der Waals surface area contributed by atoms with E-state index < -0.39 is 17.7 Å². The molecule has 43 heavy (non-hydrogen) atoms. The molecule has 230 valence electrons. The summed E-state index contributed by atoms with van der Waals surface area (Å²) in [5, 5.41) is 19.5. The van der Waals surface area contributed by atoms with E-state index in [9.17, 15) is 14.7 Å². The predicted octanol–water partition coefficient (Wildman–Crippen LogP) is 5.79. The smallest absolute Gasteiger partial charge is 0.303 e. The molecule has 0 aliphatic carbocycles. The van der Waals surface area contributed by atoms with Crippen LogP contribution in [0.4, 0.5) is 0 Å². The van der Waals surface area contributed by atoms with Crippen LogP contribution in [0.1, 0.15) is 68.1 Å². The second-order valence-corrected chi connectivity index (χ2v) is 11.0. The number of ether oxygens (including phenoxy) is 3. The highest BCUT2D eigenvalue weighted by molar-refractivity contribution is 5.76. The summed E-state index contributed by atoms with van der Waals surface area (Å²) in [6.07, 6.45) is 3.91. The predicted molar refractivity (Wildman–Crippen MR) is 164 cm³/mol. The number of carbonyl (C=O) groups is 2. The van der Waals surface area contributed by atoms with E-state index in [0.717, 1.165) is 41.0 Å². The Morgan fingerprint density at radius 1 is 0.791 bits per heavy atom. The summed E-state index contributed by atoms with van der Waals surface area (Å²) < 4.78 is 17.9. The number of likely N-dealkylation sites (tertiary alicyclic amines) is 1. The molecule has 0 aromatic heterocycles. The number of aliphatic hydroxyl groups is 1. The Labute approximate surface area is 254 Å². The molecule has 8 nitrogen and oxygen atoms in total. The third-order valence-electron chi connectivity index (χ3n) is 8.21. The molecule has 1 heterocycles. The number of aliphatic carboxylic acids is 1. The number of amides is 1. The van der Waals surface area contributed by atoms with Crippen LogP contribution < -0.4 is 9.47 Å². The van der Waals surface area contributed by atoms with E-state index in [4.69, 9.17) is 19.3 Å². The zero-order valence-electron chi connectivity index (χ0n) is 25.1. The number of hydrogen-bond donors (Lipinski definition) is 2. The average molecular weight is 590 g/mol. The van der Waals surface area contributed by atoms with Gasteiger partial charge in [-0.1, -0.05) is 67.4 Å². The normalized spacial score (nSPS) is 17.0.